The number of nitrogens with zero attached hydrogens (tertiary/aromatic N) is 3. The second-order valence-corrected chi connectivity index (χ2v) is 9.46. The predicted octanol–water partition coefficient (Wildman–Crippen LogP) is 3.64. The van der Waals surface area contributed by atoms with Gasteiger partial charge in [-0.25, -0.2) is 9.67 Å². The number of aliphatic hydroxyl groups is 1. The maximum absolute atomic E-state index is 13.3. The summed E-state index contributed by atoms with van der Waals surface area (Å²) in [5, 5.41) is 21.8. The SMILES string of the molecule is CCn1ncc2c(NC3CCC(C(N)=O)CC3)c(C(=O)NCc3c(CO)ccc(Cl)c3Cl)cnc21. The van der Waals surface area contributed by atoms with Gasteiger partial charge in [-0.1, -0.05) is 29.3 Å². The molecule has 0 saturated heterocycles. The van der Waals surface area contributed by atoms with Gasteiger partial charge in [0.05, 0.1) is 39.5 Å². The van der Waals surface area contributed by atoms with Crippen LogP contribution in [0.1, 0.15) is 54.1 Å². The number of carbonyl (C=O) groups is 2. The summed E-state index contributed by atoms with van der Waals surface area (Å²) in [5.74, 6) is -0.725. The highest BCUT2D eigenvalue weighted by atomic mass is 35.5. The third-order valence-corrected chi connectivity index (χ3v) is 7.42. The first kappa shape index (κ1) is 25.2. The average Bonchev–Trinajstić information content (AvgIpc) is 3.29. The monoisotopic (exact) mass is 518 g/mol. The molecule has 2 aromatic heterocycles. The quantitative estimate of drug-likeness (QED) is 0.359. The Bertz CT molecular complexity index is 1250. The minimum atomic E-state index is -0.350. The second kappa shape index (κ2) is 10.8. The number of aryl methyl sites for hydroxylation is 1. The molecule has 2 heterocycles. The number of rotatable bonds is 8. The lowest BCUT2D eigenvalue weighted by atomic mass is 9.85. The fraction of sp³-hybridized carbons (Fsp3) is 0.417. The number of aromatic nitrogens is 3. The average molecular weight is 519 g/mol. The first-order valence-electron chi connectivity index (χ1n) is 11.6. The number of primary amides is 1. The van der Waals surface area contributed by atoms with Crippen LogP contribution in [0, 0.1) is 5.92 Å². The van der Waals surface area contributed by atoms with Crippen LogP contribution in [0.15, 0.2) is 24.5 Å². The molecule has 0 atom stereocenters. The van der Waals surface area contributed by atoms with E-state index in [1.807, 2.05) is 6.92 Å². The topological polar surface area (TPSA) is 135 Å². The van der Waals surface area contributed by atoms with Crippen LogP contribution in [0.5, 0.6) is 0 Å². The Balaban J connectivity index is 1.61. The van der Waals surface area contributed by atoms with E-state index in [1.54, 1.807) is 23.0 Å². The molecule has 0 aliphatic heterocycles. The van der Waals surface area contributed by atoms with Crippen molar-refractivity contribution in [3.63, 3.8) is 0 Å². The van der Waals surface area contributed by atoms with E-state index in [-0.39, 0.29) is 36.9 Å². The smallest absolute Gasteiger partial charge is 0.255 e. The van der Waals surface area contributed by atoms with Gasteiger partial charge >= 0.3 is 0 Å². The van der Waals surface area contributed by atoms with Gasteiger partial charge in [0, 0.05) is 31.2 Å². The molecule has 5 N–H and O–H groups in total. The molecule has 4 rings (SSSR count). The van der Waals surface area contributed by atoms with Gasteiger partial charge in [0.25, 0.3) is 5.91 Å². The number of fused-ring (bicyclic) bond motifs is 1. The molecule has 0 unspecified atom stereocenters. The van der Waals surface area contributed by atoms with E-state index in [2.05, 4.69) is 20.7 Å². The van der Waals surface area contributed by atoms with Crippen LogP contribution in [0.3, 0.4) is 0 Å². The summed E-state index contributed by atoms with van der Waals surface area (Å²) >= 11 is 12.5. The van der Waals surface area contributed by atoms with Gasteiger partial charge in [-0.3, -0.25) is 9.59 Å². The molecule has 0 spiro atoms. The van der Waals surface area contributed by atoms with Crippen LogP contribution < -0.4 is 16.4 Å². The number of pyridine rings is 1. The van der Waals surface area contributed by atoms with E-state index < -0.39 is 0 Å². The van der Waals surface area contributed by atoms with Crippen molar-refractivity contribution >= 4 is 51.7 Å². The summed E-state index contributed by atoms with van der Waals surface area (Å²) < 4.78 is 1.77. The molecule has 3 aromatic rings. The van der Waals surface area contributed by atoms with Gasteiger partial charge in [0.2, 0.25) is 5.91 Å². The van der Waals surface area contributed by atoms with Gasteiger partial charge in [0.15, 0.2) is 5.65 Å². The van der Waals surface area contributed by atoms with Crippen molar-refractivity contribution < 1.29 is 14.7 Å². The first-order chi connectivity index (χ1) is 16.8. The van der Waals surface area contributed by atoms with Crippen molar-refractivity contribution in [1.82, 2.24) is 20.1 Å². The highest BCUT2D eigenvalue weighted by Gasteiger charge is 2.27. The maximum Gasteiger partial charge on any atom is 0.255 e. The van der Waals surface area contributed by atoms with E-state index in [4.69, 9.17) is 28.9 Å². The lowest BCUT2D eigenvalue weighted by Crippen LogP contribution is -2.33. The summed E-state index contributed by atoms with van der Waals surface area (Å²) in [6.07, 6.45) is 6.17. The predicted molar refractivity (Wildman–Crippen MR) is 135 cm³/mol. The summed E-state index contributed by atoms with van der Waals surface area (Å²) in [4.78, 5) is 29.4. The highest BCUT2D eigenvalue weighted by Crippen LogP contribution is 2.32. The lowest BCUT2D eigenvalue weighted by molar-refractivity contribution is -0.122. The molecule has 1 saturated carbocycles. The van der Waals surface area contributed by atoms with Gasteiger partial charge < -0.3 is 21.5 Å². The molecule has 1 fully saturated rings. The number of nitrogens with one attached hydrogen (secondary N) is 2. The zero-order valence-corrected chi connectivity index (χ0v) is 20.9. The largest absolute Gasteiger partial charge is 0.392 e. The van der Waals surface area contributed by atoms with Crippen LogP contribution in [0.2, 0.25) is 10.0 Å². The fourth-order valence-electron chi connectivity index (χ4n) is 4.55. The van der Waals surface area contributed by atoms with E-state index in [1.165, 1.54) is 6.20 Å². The van der Waals surface area contributed by atoms with Crippen molar-refractivity contribution in [3.8, 4) is 0 Å². The summed E-state index contributed by atoms with van der Waals surface area (Å²) in [5.41, 5.74) is 8.32. The third-order valence-electron chi connectivity index (χ3n) is 6.58. The number of hydrogen-bond acceptors (Lipinski definition) is 6. The molecule has 9 nitrogen and oxygen atoms in total. The molecular formula is C24H28Cl2N6O3. The van der Waals surface area contributed by atoms with Crippen LogP contribution in [-0.2, 0) is 24.5 Å². The van der Waals surface area contributed by atoms with Crippen LogP contribution in [0.25, 0.3) is 11.0 Å². The van der Waals surface area contributed by atoms with Crippen molar-refractivity contribution in [2.45, 2.75) is 58.3 Å². The Morgan fingerprint density at radius 3 is 2.60 bits per heavy atom. The van der Waals surface area contributed by atoms with Gasteiger partial charge in [0.1, 0.15) is 0 Å². The van der Waals surface area contributed by atoms with E-state index in [0.717, 1.165) is 18.2 Å². The van der Waals surface area contributed by atoms with E-state index in [0.29, 0.717) is 57.5 Å². The van der Waals surface area contributed by atoms with Gasteiger partial charge in [-0.2, -0.15) is 5.10 Å². The van der Waals surface area contributed by atoms with Gasteiger partial charge in [-0.15, -0.1) is 0 Å². The number of amides is 2. The minimum absolute atomic E-state index is 0.0797. The van der Waals surface area contributed by atoms with Crippen molar-refractivity contribution in [3.05, 3.63) is 51.3 Å². The van der Waals surface area contributed by atoms with Crippen molar-refractivity contribution in [1.29, 1.82) is 0 Å². The highest BCUT2D eigenvalue weighted by molar-refractivity contribution is 6.42. The molecule has 1 aliphatic rings. The normalized spacial score (nSPS) is 17.9. The molecule has 11 heteroatoms. The van der Waals surface area contributed by atoms with Crippen molar-refractivity contribution in [2.24, 2.45) is 11.7 Å². The van der Waals surface area contributed by atoms with E-state index >= 15 is 0 Å². The molecule has 1 aromatic carbocycles. The Morgan fingerprint density at radius 2 is 1.94 bits per heavy atom. The molecule has 186 valence electrons. The van der Waals surface area contributed by atoms with Crippen LogP contribution in [-0.4, -0.2) is 37.7 Å². The Morgan fingerprint density at radius 1 is 1.20 bits per heavy atom. The zero-order chi connectivity index (χ0) is 25.1. The molecule has 35 heavy (non-hydrogen) atoms. The van der Waals surface area contributed by atoms with Crippen LogP contribution in [0.4, 0.5) is 5.69 Å². The Kier molecular flexibility index (Phi) is 7.78. The summed E-state index contributed by atoms with van der Waals surface area (Å²) in [7, 11) is 0. The second-order valence-electron chi connectivity index (χ2n) is 8.68. The number of nitrogens with two attached hydrogens (primary N) is 1. The lowest BCUT2D eigenvalue weighted by Gasteiger charge is -2.29. The number of anilines is 1. The summed E-state index contributed by atoms with van der Waals surface area (Å²) in [6, 6.07) is 3.37. The maximum atomic E-state index is 13.3. The molecule has 2 amide bonds. The molecular weight excluding hydrogens is 491 g/mol. The minimum Gasteiger partial charge on any atom is -0.392 e. The number of halogens is 2. The molecule has 0 radical (unpaired) electrons. The van der Waals surface area contributed by atoms with Gasteiger partial charge in [-0.05, 0) is 49.8 Å². The Hall–Kier alpha value is -2.88. The van der Waals surface area contributed by atoms with Crippen molar-refractivity contribution in [2.75, 3.05) is 5.32 Å². The number of benzene rings is 1. The third kappa shape index (κ3) is 5.22. The molecule has 0 bridgehead atoms. The Labute approximate surface area is 213 Å². The number of hydrogen-bond donors (Lipinski definition) is 4. The first-order valence-corrected chi connectivity index (χ1v) is 12.3. The van der Waals surface area contributed by atoms with E-state index in [9.17, 15) is 14.7 Å². The fourth-order valence-corrected chi connectivity index (χ4v) is 4.98. The zero-order valence-electron chi connectivity index (χ0n) is 19.4. The number of aliphatic hydroxyl groups excluding tert-OH is 1. The standard InChI is InChI=1S/C24H28Cl2N6O3/c1-2-32-23-17(11-30-32)21(31-15-6-3-13(4-7-15)22(27)34)18(10-28-23)24(35)29-9-16-14(12-33)5-8-19(25)20(16)26/h5,8,10-11,13,15,33H,2-4,6-7,9,12H2,1H3,(H2,27,34)(H,28,31)(H,29,35). The summed E-state index contributed by atoms with van der Waals surface area (Å²) in [6.45, 7) is 2.47. The molecule has 1 aliphatic carbocycles. The number of carbonyl (C=O) groups excluding carboxylic acids is 2. The van der Waals surface area contributed by atoms with Crippen LogP contribution >= 0.6 is 23.2 Å².